The summed E-state index contributed by atoms with van der Waals surface area (Å²) < 4.78 is 17.4. The Balaban J connectivity index is 2.02. The van der Waals surface area contributed by atoms with Crippen LogP contribution in [0.5, 0.6) is 23.0 Å². The summed E-state index contributed by atoms with van der Waals surface area (Å²) in [5, 5.41) is 21.4. The molecule has 3 N–H and O–H groups in total. The maximum atomic E-state index is 10.2. The number of benzene rings is 3. The Morgan fingerprint density at radius 2 is 1.93 bits per heavy atom. The second-order valence-corrected chi connectivity index (χ2v) is 7.37. The van der Waals surface area contributed by atoms with Crippen molar-refractivity contribution in [1.29, 1.82) is 5.26 Å². The van der Waals surface area contributed by atoms with Crippen LogP contribution in [-0.2, 0) is 0 Å². The first-order chi connectivity index (χ1) is 14.0. The molecular formula is C22H17BrN2O4. The third-order valence-corrected chi connectivity index (χ3v) is 5.60. The van der Waals surface area contributed by atoms with Crippen molar-refractivity contribution in [3.63, 3.8) is 0 Å². The van der Waals surface area contributed by atoms with Crippen LogP contribution in [0.3, 0.4) is 0 Å². The quantitative estimate of drug-likeness (QED) is 0.604. The first-order valence-electron chi connectivity index (χ1n) is 8.73. The second-order valence-electron chi connectivity index (χ2n) is 6.52. The van der Waals surface area contributed by atoms with E-state index in [0.717, 1.165) is 11.1 Å². The average molecular weight is 453 g/mol. The van der Waals surface area contributed by atoms with E-state index < -0.39 is 5.92 Å². The fourth-order valence-electron chi connectivity index (χ4n) is 3.70. The van der Waals surface area contributed by atoms with Crippen LogP contribution in [0.15, 0.2) is 58.4 Å². The van der Waals surface area contributed by atoms with Gasteiger partial charge in [-0.3, -0.25) is 0 Å². The van der Waals surface area contributed by atoms with E-state index in [9.17, 15) is 10.4 Å². The maximum Gasteiger partial charge on any atom is 0.205 e. The third kappa shape index (κ3) is 2.93. The number of hydrogen-bond donors (Lipinski definition) is 2. The SMILES string of the molecule is COc1cc(C2C(C#N)=C(N)Oc3c2ccc2c(O)cccc32)cc(Br)c1OC. The molecule has 29 heavy (non-hydrogen) atoms. The van der Waals surface area contributed by atoms with Crippen LogP contribution < -0.4 is 19.9 Å². The van der Waals surface area contributed by atoms with Crippen molar-refractivity contribution in [1.82, 2.24) is 0 Å². The minimum absolute atomic E-state index is 0.0340. The van der Waals surface area contributed by atoms with Crippen molar-refractivity contribution in [2.75, 3.05) is 14.2 Å². The number of aromatic hydroxyl groups is 1. The molecule has 1 atom stereocenters. The lowest BCUT2D eigenvalue weighted by Crippen LogP contribution is -2.21. The fraction of sp³-hybridized carbons (Fsp3) is 0.136. The molecule has 0 bridgehead atoms. The fourth-order valence-corrected chi connectivity index (χ4v) is 4.33. The van der Waals surface area contributed by atoms with Gasteiger partial charge in [0, 0.05) is 16.3 Å². The van der Waals surface area contributed by atoms with Gasteiger partial charge < -0.3 is 25.1 Å². The van der Waals surface area contributed by atoms with Gasteiger partial charge in [0.05, 0.1) is 24.6 Å². The highest BCUT2D eigenvalue weighted by Gasteiger charge is 2.33. The number of phenolic OH excluding ortho intramolecular Hbond substituents is 1. The van der Waals surface area contributed by atoms with Crippen LogP contribution in [-0.4, -0.2) is 19.3 Å². The van der Waals surface area contributed by atoms with Gasteiger partial charge in [0.15, 0.2) is 11.5 Å². The summed E-state index contributed by atoms with van der Waals surface area (Å²) in [6.45, 7) is 0. The lowest BCUT2D eigenvalue weighted by molar-refractivity contribution is 0.352. The Kier molecular flexibility index (Phi) is 4.73. The minimum atomic E-state index is -0.466. The Morgan fingerprint density at radius 3 is 2.62 bits per heavy atom. The molecule has 3 aromatic carbocycles. The third-order valence-electron chi connectivity index (χ3n) is 5.01. The summed E-state index contributed by atoms with van der Waals surface area (Å²) in [7, 11) is 3.11. The molecule has 0 spiro atoms. The molecule has 7 heteroatoms. The van der Waals surface area contributed by atoms with Crippen LogP contribution in [0, 0.1) is 11.3 Å². The van der Waals surface area contributed by atoms with E-state index in [-0.39, 0.29) is 11.6 Å². The molecule has 0 aliphatic carbocycles. The first-order valence-corrected chi connectivity index (χ1v) is 9.53. The maximum absolute atomic E-state index is 10.2. The number of phenols is 1. The molecule has 0 radical (unpaired) electrons. The number of nitrogens with two attached hydrogens (primary N) is 1. The normalized spacial score (nSPS) is 15.4. The summed E-state index contributed by atoms with van der Waals surface area (Å²) in [6.07, 6.45) is 0. The zero-order valence-corrected chi connectivity index (χ0v) is 17.3. The molecule has 4 rings (SSSR count). The predicted molar refractivity (Wildman–Crippen MR) is 112 cm³/mol. The second kappa shape index (κ2) is 7.22. The van der Waals surface area contributed by atoms with Gasteiger partial charge in [-0.1, -0.05) is 24.3 Å². The smallest absolute Gasteiger partial charge is 0.205 e. The molecule has 6 nitrogen and oxygen atoms in total. The van der Waals surface area contributed by atoms with Crippen molar-refractivity contribution in [2.45, 2.75) is 5.92 Å². The van der Waals surface area contributed by atoms with Crippen molar-refractivity contribution in [3.05, 3.63) is 69.5 Å². The highest BCUT2D eigenvalue weighted by atomic mass is 79.9. The zero-order chi connectivity index (χ0) is 20.7. The number of allylic oxidation sites excluding steroid dienone is 1. The Hall–Kier alpha value is -3.37. The highest BCUT2D eigenvalue weighted by molar-refractivity contribution is 9.10. The van der Waals surface area contributed by atoms with E-state index >= 15 is 0 Å². The highest BCUT2D eigenvalue weighted by Crippen LogP contribution is 2.48. The topological polar surface area (TPSA) is 97.7 Å². The lowest BCUT2D eigenvalue weighted by Gasteiger charge is -2.28. The Bertz CT molecular complexity index is 1210. The van der Waals surface area contributed by atoms with E-state index in [1.54, 1.807) is 26.4 Å². The molecule has 0 amide bonds. The van der Waals surface area contributed by atoms with Crippen molar-refractivity contribution in [2.24, 2.45) is 5.73 Å². The van der Waals surface area contributed by atoms with Gasteiger partial charge in [0.25, 0.3) is 0 Å². The van der Waals surface area contributed by atoms with Gasteiger partial charge in [0.2, 0.25) is 5.88 Å². The van der Waals surface area contributed by atoms with E-state index in [1.807, 2.05) is 30.3 Å². The molecule has 0 saturated carbocycles. The van der Waals surface area contributed by atoms with Crippen LogP contribution in [0.4, 0.5) is 0 Å². The molecule has 0 aromatic heterocycles. The molecular weight excluding hydrogens is 436 g/mol. The number of hydrogen-bond acceptors (Lipinski definition) is 6. The van der Waals surface area contributed by atoms with Crippen LogP contribution in [0.1, 0.15) is 17.0 Å². The summed E-state index contributed by atoms with van der Waals surface area (Å²) in [5.41, 5.74) is 7.99. The number of nitriles is 1. The number of halogens is 1. The van der Waals surface area contributed by atoms with Gasteiger partial charge in [0.1, 0.15) is 23.1 Å². The molecule has 3 aromatic rings. The van der Waals surface area contributed by atoms with Gasteiger partial charge in [-0.05, 0) is 39.7 Å². The number of methoxy groups -OCH3 is 2. The molecule has 0 saturated heterocycles. The molecule has 1 aliphatic rings. The van der Waals surface area contributed by atoms with Crippen molar-refractivity contribution >= 4 is 26.7 Å². The molecule has 0 fully saturated rings. The lowest BCUT2D eigenvalue weighted by atomic mass is 9.82. The summed E-state index contributed by atoms with van der Waals surface area (Å²) >= 11 is 3.51. The van der Waals surface area contributed by atoms with Gasteiger partial charge in [-0.2, -0.15) is 5.26 Å². The Labute approximate surface area is 175 Å². The number of ether oxygens (including phenoxy) is 3. The Morgan fingerprint density at radius 1 is 1.14 bits per heavy atom. The van der Waals surface area contributed by atoms with Crippen molar-refractivity contribution in [3.8, 4) is 29.1 Å². The molecule has 1 heterocycles. The summed E-state index contributed by atoms with van der Waals surface area (Å²) in [6, 6.07) is 14.7. The monoisotopic (exact) mass is 452 g/mol. The number of rotatable bonds is 3. The molecule has 1 unspecified atom stereocenters. The van der Waals surface area contributed by atoms with Gasteiger partial charge >= 0.3 is 0 Å². The van der Waals surface area contributed by atoms with Crippen LogP contribution >= 0.6 is 15.9 Å². The number of nitrogens with zero attached hydrogens (tertiary/aromatic N) is 1. The minimum Gasteiger partial charge on any atom is -0.507 e. The molecule has 1 aliphatic heterocycles. The number of fused-ring (bicyclic) bond motifs is 3. The first kappa shape index (κ1) is 19.0. The van der Waals surface area contributed by atoms with E-state index in [2.05, 4.69) is 22.0 Å². The van der Waals surface area contributed by atoms with Crippen LogP contribution in [0.25, 0.3) is 10.8 Å². The standard InChI is InChI=1S/C22H17BrN2O4/c1-27-18-9-11(8-16(23)21(18)28-2)19-14-7-6-12-13(4-3-5-17(12)26)20(14)29-22(25)15(19)10-24/h3-9,19,26H,25H2,1-2H3. The van der Waals surface area contributed by atoms with E-state index in [0.29, 0.717) is 38.1 Å². The van der Waals surface area contributed by atoms with E-state index in [4.69, 9.17) is 19.9 Å². The average Bonchev–Trinajstić information content (AvgIpc) is 2.72. The predicted octanol–water partition coefficient (Wildman–Crippen LogP) is 4.54. The van der Waals surface area contributed by atoms with Crippen LogP contribution in [0.2, 0.25) is 0 Å². The summed E-state index contributed by atoms with van der Waals surface area (Å²) in [4.78, 5) is 0. The van der Waals surface area contributed by atoms with Crippen molar-refractivity contribution < 1.29 is 19.3 Å². The van der Waals surface area contributed by atoms with Gasteiger partial charge in [-0.15, -0.1) is 0 Å². The largest absolute Gasteiger partial charge is 0.507 e. The summed E-state index contributed by atoms with van der Waals surface area (Å²) in [5.74, 6) is 1.32. The molecule has 146 valence electrons. The van der Waals surface area contributed by atoms with Gasteiger partial charge in [-0.25, -0.2) is 0 Å². The zero-order valence-electron chi connectivity index (χ0n) is 15.7. The van der Waals surface area contributed by atoms with E-state index in [1.165, 1.54) is 0 Å².